The number of aromatic nitrogens is 1. The van der Waals surface area contributed by atoms with Gasteiger partial charge in [-0.2, -0.15) is 0 Å². The molecule has 2 aromatic heterocycles. The number of likely N-dealkylation sites (tertiary alicyclic amines) is 1. The Morgan fingerprint density at radius 3 is 2.52 bits per heavy atom. The van der Waals surface area contributed by atoms with E-state index in [1.807, 2.05) is 22.4 Å². The van der Waals surface area contributed by atoms with E-state index in [4.69, 9.17) is 11.6 Å². The smallest absolute Gasteiger partial charge is 0.265 e. The van der Waals surface area contributed by atoms with Gasteiger partial charge in [0.15, 0.2) is 5.78 Å². The van der Waals surface area contributed by atoms with Gasteiger partial charge in [-0.05, 0) is 48.6 Å². The SMILES string of the molecule is O=C(c1ccc(Cl)cc1)C1CCN(C(=O)c2cnc(-c3cccs3)s2)CC1. The van der Waals surface area contributed by atoms with Crippen molar-refractivity contribution in [3.8, 4) is 9.88 Å². The number of piperidine rings is 1. The van der Waals surface area contributed by atoms with Crippen molar-refractivity contribution in [1.29, 1.82) is 0 Å². The fourth-order valence-electron chi connectivity index (χ4n) is 3.24. The van der Waals surface area contributed by atoms with Gasteiger partial charge in [-0.1, -0.05) is 17.7 Å². The van der Waals surface area contributed by atoms with Crippen LogP contribution in [-0.2, 0) is 0 Å². The Kier molecular flexibility index (Phi) is 5.38. The Labute approximate surface area is 170 Å². The maximum absolute atomic E-state index is 12.8. The number of thiazole rings is 1. The van der Waals surface area contributed by atoms with E-state index >= 15 is 0 Å². The molecule has 27 heavy (non-hydrogen) atoms. The van der Waals surface area contributed by atoms with Gasteiger partial charge in [0.25, 0.3) is 5.91 Å². The van der Waals surface area contributed by atoms with E-state index in [0.717, 1.165) is 9.88 Å². The van der Waals surface area contributed by atoms with Crippen LogP contribution in [0.1, 0.15) is 32.9 Å². The minimum absolute atomic E-state index is 0.00713. The van der Waals surface area contributed by atoms with E-state index in [1.54, 1.807) is 41.8 Å². The highest BCUT2D eigenvalue weighted by Gasteiger charge is 2.29. The minimum atomic E-state index is -0.0432. The fourth-order valence-corrected chi connectivity index (χ4v) is 5.05. The molecule has 1 aromatic carbocycles. The molecule has 3 heterocycles. The molecule has 1 fully saturated rings. The molecule has 1 aliphatic rings. The topological polar surface area (TPSA) is 50.3 Å². The second kappa shape index (κ2) is 7.92. The predicted molar refractivity (Wildman–Crippen MR) is 110 cm³/mol. The molecule has 0 radical (unpaired) electrons. The van der Waals surface area contributed by atoms with Gasteiger partial charge in [-0.25, -0.2) is 4.98 Å². The third kappa shape index (κ3) is 3.98. The van der Waals surface area contributed by atoms with Crippen LogP contribution in [0.5, 0.6) is 0 Å². The number of carbonyl (C=O) groups is 2. The molecule has 0 N–H and O–H groups in total. The molecular formula is C20H17ClN2O2S2. The van der Waals surface area contributed by atoms with E-state index in [1.165, 1.54) is 11.3 Å². The van der Waals surface area contributed by atoms with Gasteiger partial charge in [-0.15, -0.1) is 22.7 Å². The first-order valence-corrected chi connectivity index (χ1v) is 10.8. The number of carbonyl (C=O) groups excluding carboxylic acids is 2. The Morgan fingerprint density at radius 1 is 1.11 bits per heavy atom. The van der Waals surface area contributed by atoms with E-state index in [0.29, 0.717) is 41.4 Å². The van der Waals surface area contributed by atoms with E-state index < -0.39 is 0 Å². The molecule has 138 valence electrons. The molecule has 0 saturated carbocycles. The van der Waals surface area contributed by atoms with E-state index in [-0.39, 0.29) is 17.6 Å². The molecule has 4 rings (SSSR count). The molecule has 0 bridgehead atoms. The summed E-state index contributed by atoms with van der Waals surface area (Å²) in [6, 6.07) is 11.0. The molecule has 1 amide bonds. The first kappa shape index (κ1) is 18.3. The standard InChI is InChI=1S/C20H17ClN2O2S2/c21-15-5-3-13(4-6-15)18(24)14-7-9-23(10-8-14)20(25)17-12-22-19(27-17)16-2-1-11-26-16/h1-6,11-12,14H,7-10H2. The normalized spacial score (nSPS) is 15.1. The van der Waals surface area contributed by atoms with Crippen molar-refractivity contribution >= 4 is 46.0 Å². The molecule has 4 nitrogen and oxygen atoms in total. The maximum atomic E-state index is 12.8. The van der Waals surface area contributed by atoms with Crippen LogP contribution in [0.25, 0.3) is 9.88 Å². The van der Waals surface area contributed by atoms with Crippen LogP contribution in [-0.4, -0.2) is 34.7 Å². The van der Waals surface area contributed by atoms with Crippen LogP contribution in [0, 0.1) is 5.92 Å². The molecule has 7 heteroatoms. The van der Waals surface area contributed by atoms with Crippen LogP contribution < -0.4 is 0 Å². The number of benzene rings is 1. The average molecular weight is 417 g/mol. The Hall–Kier alpha value is -2.02. The summed E-state index contributed by atoms with van der Waals surface area (Å²) in [5.74, 6) is 0.0996. The van der Waals surface area contributed by atoms with Gasteiger partial charge < -0.3 is 4.90 Å². The van der Waals surface area contributed by atoms with Crippen molar-refractivity contribution in [3.63, 3.8) is 0 Å². The Morgan fingerprint density at radius 2 is 1.85 bits per heavy atom. The summed E-state index contributed by atoms with van der Waals surface area (Å²) in [6.07, 6.45) is 3.03. The van der Waals surface area contributed by atoms with Crippen molar-refractivity contribution < 1.29 is 9.59 Å². The first-order chi connectivity index (χ1) is 13.1. The fraction of sp³-hybridized carbons (Fsp3) is 0.250. The number of nitrogens with zero attached hydrogens (tertiary/aromatic N) is 2. The summed E-state index contributed by atoms with van der Waals surface area (Å²) in [6.45, 7) is 1.18. The number of hydrogen-bond acceptors (Lipinski definition) is 5. The van der Waals surface area contributed by atoms with Gasteiger partial charge in [0.1, 0.15) is 9.88 Å². The monoisotopic (exact) mass is 416 g/mol. The third-order valence-electron chi connectivity index (χ3n) is 4.73. The van der Waals surface area contributed by atoms with Crippen LogP contribution >= 0.6 is 34.3 Å². The Bertz CT molecular complexity index is 943. The zero-order valence-electron chi connectivity index (χ0n) is 14.4. The zero-order valence-corrected chi connectivity index (χ0v) is 16.8. The van der Waals surface area contributed by atoms with Crippen molar-refractivity contribution in [1.82, 2.24) is 9.88 Å². The second-order valence-electron chi connectivity index (χ2n) is 6.44. The van der Waals surface area contributed by atoms with Gasteiger partial charge in [0.05, 0.1) is 11.1 Å². The van der Waals surface area contributed by atoms with Gasteiger partial charge in [0, 0.05) is 29.6 Å². The predicted octanol–water partition coefficient (Wildman–Crippen LogP) is 5.26. The van der Waals surface area contributed by atoms with Crippen molar-refractivity contribution in [2.75, 3.05) is 13.1 Å². The lowest BCUT2D eigenvalue weighted by molar-refractivity contribution is 0.0654. The second-order valence-corrected chi connectivity index (χ2v) is 8.86. The molecule has 0 aliphatic carbocycles. The lowest BCUT2D eigenvalue weighted by Gasteiger charge is -2.31. The van der Waals surface area contributed by atoms with Crippen LogP contribution in [0.2, 0.25) is 5.02 Å². The molecule has 1 saturated heterocycles. The average Bonchev–Trinajstić information content (AvgIpc) is 3.39. The number of rotatable bonds is 4. The molecule has 3 aromatic rings. The van der Waals surface area contributed by atoms with Crippen LogP contribution in [0.4, 0.5) is 0 Å². The number of Topliss-reactive ketones (excluding diaryl/α,β-unsaturated/α-hetero) is 1. The lowest BCUT2D eigenvalue weighted by Crippen LogP contribution is -2.40. The highest BCUT2D eigenvalue weighted by molar-refractivity contribution is 7.21. The molecule has 0 atom stereocenters. The highest BCUT2D eigenvalue weighted by Crippen LogP contribution is 2.30. The number of ketones is 1. The molecule has 1 aliphatic heterocycles. The van der Waals surface area contributed by atoms with Gasteiger partial charge in [-0.3, -0.25) is 9.59 Å². The maximum Gasteiger partial charge on any atom is 0.265 e. The summed E-state index contributed by atoms with van der Waals surface area (Å²) in [7, 11) is 0. The number of halogens is 1. The summed E-state index contributed by atoms with van der Waals surface area (Å²) in [5.41, 5.74) is 0.687. The van der Waals surface area contributed by atoms with E-state index in [2.05, 4.69) is 4.98 Å². The largest absolute Gasteiger partial charge is 0.338 e. The van der Waals surface area contributed by atoms with Gasteiger partial charge in [0.2, 0.25) is 0 Å². The zero-order chi connectivity index (χ0) is 18.8. The minimum Gasteiger partial charge on any atom is -0.338 e. The Balaban J connectivity index is 1.38. The summed E-state index contributed by atoms with van der Waals surface area (Å²) >= 11 is 8.93. The highest BCUT2D eigenvalue weighted by atomic mass is 35.5. The van der Waals surface area contributed by atoms with Crippen LogP contribution in [0.3, 0.4) is 0 Å². The summed E-state index contributed by atoms with van der Waals surface area (Å²) < 4.78 is 0. The first-order valence-electron chi connectivity index (χ1n) is 8.70. The van der Waals surface area contributed by atoms with Gasteiger partial charge >= 0.3 is 0 Å². The van der Waals surface area contributed by atoms with E-state index in [9.17, 15) is 9.59 Å². The van der Waals surface area contributed by atoms with Crippen molar-refractivity contribution in [2.24, 2.45) is 5.92 Å². The molecular weight excluding hydrogens is 400 g/mol. The number of thiophene rings is 1. The number of hydrogen-bond donors (Lipinski definition) is 0. The summed E-state index contributed by atoms with van der Waals surface area (Å²) in [5, 5.41) is 3.50. The van der Waals surface area contributed by atoms with Crippen molar-refractivity contribution in [3.05, 3.63) is 63.4 Å². The summed E-state index contributed by atoms with van der Waals surface area (Å²) in [4.78, 5) is 33.3. The molecule has 0 unspecified atom stereocenters. The lowest BCUT2D eigenvalue weighted by atomic mass is 9.89. The van der Waals surface area contributed by atoms with Crippen molar-refractivity contribution in [2.45, 2.75) is 12.8 Å². The third-order valence-corrected chi connectivity index (χ3v) is 7.01. The van der Waals surface area contributed by atoms with Crippen LogP contribution in [0.15, 0.2) is 48.0 Å². The number of amides is 1. The quantitative estimate of drug-likeness (QED) is 0.545. The molecule has 0 spiro atoms.